The Balaban J connectivity index is 2.20. The second kappa shape index (κ2) is 10.7. The Kier molecular flexibility index (Phi) is 8.29. The molecule has 0 saturated heterocycles. The number of nitrogens with one attached hydrogen (secondary N) is 2. The summed E-state index contributed by atoms with van der Waals surface area (Å²) in [4.78, 5) is 33.3. The summed E-state index contributed by atoms with van der Waals surface area (Å²) in [6.07, 6.45) is 3.11. The van der Waals surface area contributed by atoms with Crippen LogP contribution in [-0.4, -0.2) is 50.9 Å². The number of benzene rings is 1. The number of nitrogens with zero attached hydrogens (tertiary/aromatic N) is 2. The van der Waals surface area contributed by atoms with Crippen LogP contribution in [0.5, 0.6) is 0 Å². The van der Waals surface area contributed by atoms with Gasteiger partial charge < -0.3 is 20.7 Å². The maximum Gasteiger partial charge on any atom is 0.475 e. The summed E-state index contributed by atoms with van der Waals surface area (Å²) in [5.41, 5.74) is 0.847. The molecule has 0 aliphatic rings. The van der Waals surface area contributed by atoms with Crippen LogP contribution < -0.4 is 10.6 Å². The van der Waals surface area contributed by atoms with Gasteiger partial charge in [0.2, 0.25) is 11.7 Å². The van der Waals surface area contributed by atoms with Crippen molar-refractivity contribution >= 4 is 18.9 Å². The maximum absolute atomic E-state index is 13.0. The Hall–Kier alpha value is -2.78. The van der Waals surface area contributed by atoms with Crippen molar-refractivity contribution in [2.45, 2.75) is 39.2 Å². The zero-order valence-corrected chi connectivity index (χ0v) is 16.8. The normalized spacial score (nSPS) is 14.0. The molecule has 3 unspecified atom stereocenters. The minimum atomic E-state index is -1.72. The fourth-order valence-electron chi connectivity index (χ4n) is 2.86. The maximum atomic E-state index is 13.0. The minimum Gasteiger partial charge on any atom is -0.426 e. The van der Waals surface area contributed by atoms with Gasteiger partial charge in [-0.1, -0.05) is 51.1 Å². The van der Waals surface area contributed by atoms with E-state index in [9.17, 15) is 19.6 Å². The lowest BCUT2D eigenvalue weighted by molar-refractivity contribution is -0.123. The predicted octanol–water partition coefficient (Wildman–Crippen LogP) is 0.607. The lowest BCUT2D eigenvalue weighted by Crippen LogP contribution is -2.57. The summed E-state index contributed by atoms with van der Waals surface area (Å²) in [6, 6.07) is 9.89. The van der Waals surface area contributed by atoms with Crippen molar-refractivity contribution in [3.8, 4) is 0 Å². The van der Waals surface area contributed by atoms with Gasteiger partial charge in [0.25, 0.3) is 5.91 Å². The van der Waals surface area contributed by atoms with Gasteiger partial charge >= 0.3 is 7.12 Å². The SMILES string of the molecule is CC(C)C(C)C(NC(=O)C(Cc1ccccc1)NC(=O)c1ncccn1)B(O)O. The molecule has 154 valence electrons. The quantitative estimate of drug-likeness (QED) is 0.459. The smallest absolute Gasteiger partial charge is 0.426 e. The van der Waals surface area contributed by atoms with Gasteiger partial charge in [-0.25, -0.2) is 9.97 Å². The van der Waals surface area contributed by atoms with Gasteiger partial charge in [0.05, 0.1) is 5.94 Å². The second-order valence-electron chi connectivity index (χ2n) is 7.34. The molecule has 0 saturated carbocycles. The molecule has 2 aromatic rings. The molecule has 3 atom stereocenters. The van der Waals surface area contributed by atoms with Gasteiger partial charge in [-0.05, 0) is 23.5 Å². The third-order valence-electron chi connectivity index (χ3n) is 4.92. The molecule has 1 aromatic heterocycles. The lowest BCUT2D eigenvalue weighted by Gasteiger charge is -2.29. The van der Waals surface area contributed by atoms with Crippen molar-refractivity contribution in [2.24, 2.45) is 11.8 Å². The van der Waals surface area contributed by atoms with Crippen molar-refractivity contribution < 1.29 is 19.6 Å². The molecule has 0 aliphatic heterocycles. The molecular formula is C20H27BN4O4. The molecule has 4 N–H and O–H groups in total. The summed E-state index contributed by atoms with van der Waals surface area (Å²) < 4.78 is 0. The minimum absolute atomic E-state index is 0.0485. The van der Waals surface area contributed by atoms with Crippen LogP contribution in [0.1, 0.15) is 37.0 Å². The van der Waals surface area contributed by atoms with Crippen LogP contribution in [0.25, 0.3) is 0 Å². The molecule has 0 aliphatic carbocycles. The molecule has 0 spiro atoms. The summed E-state index contributed by atoms with van der Waals surface area (Å²) in [5.74, 6) is -2.09. The van der Waals surface area contributed by atoms with Crippen LogP contribution in [0.3, 0.4) is 0 Å². The van der Waals surface area contributed by atoms with Crippen LogP contribution in [0, 0.1) is 11.8 Å². The van der Waals surface area contributed by atoms with Gasteiger partial charge in [-0.3, -0.25) is 9.59 Å². The van der Waals surface area contributed by atoms with Gasteiger partial charge in [0.1, 0.15) is 6.04 Å². The Morgan fingerprint density at radius 1 is 1.00 bits per heavy atom. The highest BCUT2D eigenvalue weighted by Crippen LogP contribution is 2.16. The average Bonchev–Trinajstić information content (AvgIpc) is 2.71. The van der Waals surface area contributed by atoms with E-state index in [0.717, 1.165) is 5.56 Å². The van der Waals surface area contributed by atoms with E-state index in [1.165, 1.54) is 12.4 Å². The first-order valence-corrected chi connectivity index (χ1v) is 9.58. The van der Waals surface area contributed by atoms with Crippen LogP contribution >= 0.6 is 0 Å². The molecule has 0 fully saturated rings. The van der Waals surface area contributed by atoms with Gasteiger partial charge in [0.15, 0.2) is 0 Å². The second-order valence-corrected chi connectivity index (χ2v) is 7.34. The third kappa shape index (κ3) is 6.65. The van der Waals surface area contributed by atoms with Crippen molar-refractivity contribution in [1.29, 1.82) is 0 Å². The Morgan fingerprint density at radius 2 is 1.62 bits per heavy atom. The third-order valence-corrected chi connectivity index (χ3v) is 4.92. The molecule has 9 heteroatoms. The highest BCUT2D eigenvalue weighted by Gasteiger charge is 2.34. The van der Waals surface area contributed by atoms with Gasteiger partial charge in [0, 0.05) is 18.8 Å². The number of hydrogen-bond acceptors (Lipinski definition) is 6. The number of amides is 2. The zero-order valence-electron chi connectivity index (χ0n) is 16.8. The largest absolute Gasteiger partial charge is 0.475 e. The summed E-state index contributed by atoms with van der Waals surface area (Å²) in [5, 5.41) is 24.8. The van der Waals surface area contributed by atoms with E-state index >= 15 is 0 Å². The summed E-state index contributed by atoms with van der Waals surface area (Å²) >= 11 is 0. The molecule has 29 heavy (non-hydrogen) atoms. The van der Waals surface area contributed by atoms with E-state index in [4.69, 9.17) is 0 Å². The highest BCUT2D eigenvalue weighted by molar-refractivity contribution is 6.43. The molecule has 1 aromatic carbocycles. The van der Waals surface area contributed by atoms with E-state index < -0.39 is 30.9 Å². The number of carbonyl (C=O) groups excluding carboxylic acids is 2. The van der Waals surface area contributed by atoms with Crippen LogP contribution in [-0.2, 0) is 11.2 Å². The zero-order chi connectivity index (χ0) is 21.4. The molecule has 2 rings (SSSR count). The molecule has 0 radical (unpaired) electrons. The highest BCUT2D eigenvalue weighted by atomic mass is 16.4. The molecule has 2 amide bonds. The Bertz CT molecular complexity index is 790. The van der Waals surface area contributed by atoms with Crippen LogP contribution in [0.2, 0.25) is 0 Å². The summed E-state index contributed by atoms with van der Waals surface area (Å²) in [6.45, 7) is 5.70. The van der Waals surface area contributed by atoms with Crippen molar-refractivity contribution in [3.05, 3.63) is 60.2 Å². The first-order valence-electron chi connectivity index (χ1n) is 9.58. The standard InChI is InChI=1S/C20H27BN4O4/c1-13(2)14(3)17(21(28)29)25-19(26)16(12-15-8-5-4-6-9-15)24-20(27)18-22-10-7-11-23-18/h4-11,13-14,16-17,28-29H,12H2,1-3H3,(H,24,27)(H,25,26). The fourth-order valence-corrected chi connectivity index (χ4v) is 2.86. The number of aromatic nitrogens is 2. The first-order chi connectivity index (χ1) is 13.8. The fraction of sp³-hybridized carbons (Fsp3) is 0.400. The Morgan fingerprint density at radius 3 is 2.17 bits per heavy atom. The van der Waals surface area contributed by atoms with E-state index in [0.29, 0.717) is 0 Å². The van der Waals surface area contributed by atoms with Gasteiger partial charge in [-0.2, -0.15) is 0 Å². The van der Waals surface area contributed by atoms with E-state index in [2.05, 4.69) is 20.6 Å². The molecule has 0 bridgehead atoms. The predicted molar refractivity (Wildman–Crippen MR) is 110 cm³/mol. The molecule has 1 heterocycles. The number of hydrogen-bond donors (Lipinski definition) is 4. The van der Waals surface area contributed by atoms with E-state index in [1.807, 2.05) is 51.1 Å². The van der Waals surface area contributed by atoms with Gasteiger partial charge in [-0.15, -0.1) is 0 Å². The van der Waals surface area contributed by atoms with E-state index in [1.54, 1.807) is 6.07 Å². The number of carbonyl (C=O) groups is 2. The average molecular weight is 398 g/mol. The van der Waals surface area contributed by atoms with Crippen molar-refractivity contribution in [1.82, 2.24) is 20.6 Å². The molecular weight excluding hydrogens is 371 g/mol. The van der Waals surface area contributed by atoms with Crippen molar-refractivity contribution in [2.75, 3.05) is 0 Å². The number of rotatable bonds is 9. The summed E-state index contributed by atoms with van der Waals surface area (Å²) in [7, 11) is -1.72. The first kappa shape index (κ1) is 22.5. The topological polar surface area (TPSA) is 124 Å². The van der Waals surface area contributed by atoms with E-state index in [-0.39, 0.29) is 24.1 Å². The lowest BCUT2D eigenvalue weighted by atomic mass is 9.69. The van der Waals surface area contributed by atoms with Crippen LogP contribution in [0.4, 0.5) is 0 Å². The van der Waals surface area contributed by atoms with Crippen LogP contribution in [0.15, 0.2) is 48.8 Å². The molecule has 8 nitrogen and oxygen atoms in total. The van der Waals surface area contributed by atoms with Crippen molar-refractivity contribution in [3.63, 3.8) is 0 Å². The Labute approximate surface area is 170 Å². The monoisotopic (exact) mass is 398 g/mol.